The Bertz CT molecular complexity index is 850. The minimum absolute atomic E-state index is 0.0292. The molecule has 1 N–H and O–H groups in total. The quantitative estimate of drug-likeness (QED) is 0.634. The Morgan fingerprint density at radius 1 is 1.38 bits per heavy atom. The molecular weight excluding hydrogens is 336 g/mol. The van der Waals surface area contributed by atoms with E-state index in [0.717, 1.165) is 23.3 Å². The first-order chi connectivity index (χ1) is 12.5. The number of carbonyl (C=O) groups is 1. The summed E-state index contributed by atoms with van der Waals surface area (Å²) in [6.45, 7) is 4.57. The van der Waals surface area contributed by atoms with Crippen LogP contribution in [-0.4, -0.2) is 23.5 Å². The Morgan fingerprint density at radius 2 is 2.15 bits per heavy atom. The fourth-order valence-corrected chi connectivity index (χ4v) is 3.01. The van der Waals surface area contributed by atoms with Crippen LogP contribution in [0, 0.1) is 10.1 Å². The van der Waals surface area contributed by atoms with E-state index in [0.29, 0.717) is 12.4 Å². The number of nitro benzene ring substituents is 1. The molecule has 2 aromatic carbocycles. The van der Waals surface area contributed by atoms with Crippen molar-refractivity contribution in [2.45, 2.75) is 32.9 Å². The van der Waals surface area contributed by atoms with Crippen molar-refractivity contribution >= 4 is 11.6 Å². The predicted molar refractivity (Wildman–Crippen MR) is 95.7 cm³/mol. The highest BCUT2D eigenvalue weighted by atomic mass is 16.6. The molecule has 0 unspecified atom stereocenters. The Morgan fingerprint density at radius 3 is 2.88 bits per heavy atom. The normalized spacial score (nSPS) is 15.1. The van der Waals surface area contributed by atoms with E-state index in [1.807, 2.05) is 26.0 Å². The first kappa shape index (κ1) is 17.7. The second-order valence-corrected chi connectivity index (χ2v) is 6.09. The molecule has 0 saturated heterocycles. The number of nitrogens with one attached hydrogen (secondary N) is 1. The molecular formula is C19H20N2O5. The molecule has 1 atom stereocenters. The lowest BCUT2D eigenvalue weighted by Crippen LogP contribution is -2.24. The summed E-state index contributed by atoms with van der Waals surface area (Å²) in [6.07, 6.45) is 0.925. The van der Waals surface area contributed by atoms with E-state index in [1.54, 1.807) is 6.07 Å². The van der Waals surface area contributed by atoms with Gasteiger partial charge in [0.1, 0.15) is 23.2 Å². The van der Waals surface area contributed by atoms with E-state index < -0.39 is 10.8 Å². The maximum atomic E-state index is 12.4. The highest BCUT2D eigenvalue weighted by molar-refractivity contribution is 5.98. The fourth-order valence-electron chi connectivity index (χ4n) is 3.01. The minimum Gasteiger partial charge on any atom is -0.494 e. The van der Waals surface area contributed by atoms with Crippen LogP contribution in [0.15, 0.2) is 36.4 Å². The monoisotopic (exact) mass is 356 g/mol. The number of amides is 1. The molecule has 0 radical (unpaired) electrons. The lowest BCUT2D eigenvalue weighted by atomic mass is 10.1. The lowest BCUT2D eigenvalue weighted by molar-refractivity contribution is -0.385. The molecule has 0 spiro atoms. The van der Waals surface area contributed by atoms with Gasteiger partial charge in [0.05, 0.1) is 11.5 Å². The van der Waals surface area contributed by atoms with Crippen molar-refractivity contribution < 1.29 is 19.2 Å². The summed E-state index contributed by atoms with van der Waals surface area (Å²) >= 11 is 0. The van der Waals surface area contributed by atoms with Gasteiger partial charge in [-0.3, -0.25) is 14.9 Å². The van der Waals surface area contributed by atoms with Crippen molar-refractivity contribution in [2.24, 2.45) is 0 Å². The first-order valence-corrected chi connectivity index (χ1v) is 8.46. The van der Waals surface area contributed by atoms with Crippen LogP contribution >= 0.6 is 0 Å². The van der Waals surface area contributed by atoms with Crippen LogP contribution in [0.25, 0.3) is 0 Å². The summed E-state index contributed by atoms with van der Waals surface area (Å²) < 4.78 is 11.4. The third kappa shape index (κ3) is 3.61. The van der Waals surface area contributed by atoms with Gasteiger partial charge in [-0.1, -0.05) is 12.1 Å². The summed E-state index contributed by atoms with van der Waals surface area (Å²) in [4.78, 5) is 22.9. The number of benzene rings is 2. The molecule has 1 aliphatic heterocycles. The van der Waals surface area contributed by atoms with Crippen molar-refractivity contribution in [3.8, 4) is 11.5 Å². The maximum absolute atomic E-state index is 12.4. The molecule has 2 aromatic rings. The van der Waals surface area contributed by atoms with Crippen molar-refractivity contribution in [1.82, 2.24) is 5.32 Å². The van der Waals surface area contributed by atoms with Gasteiger partial charge in [0.2, 0.25) is 0 Å². The number of fused-ring (bicyclic) bond motifs is 1. The largest absolute Gasteiger partial charge is 0.494 e. The average molecular weight is 356 g/mol. The zero-order chi connectivity index (χ0) is 18.7. The molecule has 0 aromatic heterocycles. The molecule has 7 heteroatoms. The number of hydrogen-bond donors (Lipinski definition) is 1. The zero-order valence-electron chi connectivity index (χ0n) is 14.7. The zero-order valence-corrected chi connectivity index (χ0v) is 14.7. The molecule has 26 heavy (non-hydrogen) atoms. The summed E-state index contributed by atoms with van der Waals surface area (Å²) in [5.41, 5.74) is 1.66. The molecule has 1 heterocycles. The third-order valence-electron chi connectivity index (χ3n) is 4.16. The summed E-state index contributed by atoms with van der Waals surface area (Å²) in [7, 11) is 0. The molecule has 7 nitrogen and oxygen atoms in total. The Labute approximate surface area is 151 Å². The van der Waals surface area contributed by atoms with Crippen LogP contribution in [0.3, 0.4) is 0 Å². The summed E-state index contributed by atoms with van der Waals surface area (Å²) in [6, 6.07) is 9.67. The number of nitrogens with zero attached hydrogens (tertiary/aromatic N) is 1. The number of rotatable bonds is 6. The van der Waals surface area contributed by atoms with Gasteiger partial charge in [0, 0.05) is 30.2 Å². The van der Waals surface area contributed by atoms with Crippen molar-refractivity contribution in [2.75, 3.05) is 6.61 Å². The minimum atomic E-state index is -0.564. The predicted octanol–water partition coefficient (Wildman–Crippen LogP) is 3.25. The molecule has 0 bridgehead atoms. The summed E-state index contributed by atoms with van der Waals surface area (Å²) in [5.74, 6) is 0.970. The summed E-state index contributed by atoms with van der Waals surface area (Å²) in [5, 5.41) is 13.8. The molecule has 136 valence electrons. The van der Waals surface area contributed by atoms with Crippen LogP contribution in [0.2, 0.25) is 0 Å². The Balaban J connectivity index is 1.80. The van der Waals surface area contributed by atoms with Crippen LogP contribution in [-0.2, 0) is 13.0 Å². The highest BCUT2D eigenvalue weighted by Crippen LogP contribution is 2.35. The molecule has 1 amide bonds. The van der Waals surface area contributed by atoms with Crippen LogP contribution < -0.4 is 14.8 Å². The molecule has 0 fully saturated rings. The second kappa shape index (κ2) is 7.43. The maximum Gasteiger partial charge on any atom is 0.282 e. The van der Waals surface area contributed by atoms with Gasteiger partial charge in [-0.15, -0.1) is 0 Å². The van der Waals surface area contributed by atoms with E-state index in [4.69, 9.17) is 9.47 Å². The van der Waals surface area contributed by atoms with Crippen LogP contribution in [0.5, 0.6) is 11.5 Å². The third-order valence-corrected chi connectivity index (χ3v) is 4.16. The van der Waals surface area contributed by atoms with Gasteiger partial charge in [-0.25, -0.2) is 0 Å². The van der Waals surface area contributed by atoms with Crippen LogP contribution in [0.4, 0.5) is 5.69 Å². The molecule has 0 aliphatic carbocycles. The smallest absolute Gasteiger partial charge is 0.282 e. The van der Waals surface area contributed by atoms with Crippen molar-refractivity contribution in [1.29, 1.82) is 0 Å². The number of nitro groups is 1. The fraction of sp³-hybridized carbons (Fsp3) is 0.316. The number of para-hydroxylation sites is 1. The van der Waals surface area contributed by atoms with Gasteiger partial charge in [-0.2, -0.15) is 0 Å². The standard InChI is InChI=1S/C19H20N2O5/c1-3-25-17-9-13-8-12(2)26-18(13)10-14(17)11-20-19(22)15-6-4-5-7-16(15)21(23)24/h4-7,9-10,12H,3,8,11H2,1-2H3,(H,20,22)/t12-/m1/s1. The van der Waals surface area contributed by atoms with Gasteiger partial charge in [0.15, 0.2) is 0 Å². The van der Waals surface area contributed by atoms with E-state index in [9.17, 15) is 14.9 Å². The lowest BCUT2D eigenvalue weighted by Gasteiger charge is -2.13. The van der Waals surface area contributed by atoms with Crippen LogP contribution in [0.1, 0.15) is 35.3 Å². The van der Waals surface area contributed by atoms with E-state index in [1.165, 1.54) is 18.2 Å². The number of hydrogen-bond acceptors (Lipinski definition) is 5. The van der Waals surface area contributed by atoms with Crippen molar-refractivity contribution in [3.05, 3.63) is 63.2 Å². The molecule has 3 rings (SSSR count). The van der Waals surface area contributed by atoms with E-state index >= 15 is 0 Å². The van der Waals surface area contributed by atoms with Gasteiger partial charge in [-0.05, 0) is 32.0 Å². The van der Waals surface area contributed by atoms with E-state index in [-0.39, 0.29) is 23.9 Å². The number of carbonyl (C=O) groups excluding carboxylic acids is 1. The van der Waals surface area contributed by atoms with Crippen molar-refractivity contribution in [3.63, 3.8) is 0 Å². The Hall–Kier alpha value is -3.09. The average Bonchev–Trinajstić information content (AvgIpc) is 2.98. The second-order valence-electron chi connectivity index (χ2n) is 6.09. The highest BCUT2D eigenvalue weighted by Gasteiger charge is 2.23. The Kier molecular flexibility index (Phi) is 5.06. The topological polar surface area (TPSA) is 90.7 Å². The van der Waals surface area contributed by atoms with Gasteiger partial charge < -0.3 is 14.8 Å². The number of ether oxygens (including phenoxy) is 2. The van der Waals surface area contributed by atoms with Gasteiger partial charge in [0.25, 0.3) is 11.6 Å². The molecule has 1 aliphatic rings. The van der Waals surface area contributed by atoms with E-state index in [2.05, 4.69) is 5.32 Å². The first-order valence-electron chi connectivity index (χ1n) is 8.46. The molecule has 0 saturated carbocycles. The van der Waals surface area contributed by atoms with Gasteiger partial charge >= 0.3 is 0 Å². The SMILES string of the molecule is CCOc1cc2c(cc1CNC(=O)c1ccccc1[N+](=O)[O-])O[C@H](C)C2.